The van der Waals surface area contributed by atoms with Gasteiger partial charge in [0.05, 0.1) is 16.8 Å². The number of halogens is 3. The van der Waals surface area contributed by atoms with Gasteiger partial charge in [0, 0.05) is 18.7 Å². The minimum atomic E-state index is -1.04. The van der Waals surface area contributed by atoms with E-state index in [0.717, 1.165) is 25.7 Å². The van der Waals surface area contributed by atoms with Crippen molar-refractivity contribution in [2.75, 3.05) is 37.2 Å². The van der Waals surface area contributed by atoms with Crippen LogP contribution in [0.3, 0.4) is 0 Å². The molecule has 0 saturated carbocycles. The zero-order valence-corrected chi connectivity index (χ0v) is 18.4. The fraction of sp³-hybridized carbons (Fsp3) is 0.292. The van der Waals surface area contributed by atoms with Crippen LogP contribution in [0.25, 0.3) is 28.0 Å². The lowest BCUT2D eigenvalue weighted by molar-refractivity contribution is 0.237. The molecular weight excluding hydrogens is 443 g/mol. The van der Waals surface area contributed by atoms with Gasteiger partial charge < -0.3 is 16.0 Å². The smallest absolute Gasteiger partial charge is 0.225 e. The van der Waals surface area contributed by atoms with E-state index in [4.69, 9.17) is 5.73 Å². The Labute approximate surface area is 194 Å². The molecule has 1 saturated heterocycles. The molecule has 1 fully saturated rings. The molecule has 34 heavy (non-hydrogen) atoms. The molecule has 0 unspecified atom stereocenters. The molecule has 0 radical (unpaired) electrons. The van der Waals surface area contributed by atoms with Crippen molar-refractivity contribution in [1.29, 1.82) is 0 Å². The summed E-state index contributed by atoms with van der Waals surface area (Å²) < 4.78 is 44.0. The van der Waals surface area contributed by atoms with Crippen LogP contribution in [0.4, 0.5) is 24.9 Å². The Morgan fingerprint density at radius 3 is 2.56 bits per heavy atom. The minimum Gasteiger partial charge on any atom is -0.383 e. The number of rotatable bonds is 6. The fourth-order valence-corrected chi connectivity index (χ4v) is 4.29. The van der Waals surface area contributed by atoms with Crippen LogP contribution in [0.1, 0.15) is 19.3 Å². The normalized spacial score (nSPS) is 14.6. The van der Waals surface area contributed by atoms with Gasteiger partial charge in [0.1, 0.15) is 11.6 Å². The highest BCUT2D eigenvalue weighted by Crippen LogP contribution is 2.34. The minimum absolute atomic E-state index is 0.0584. The number of hydrogen-bond donors (Lipinski definition) is 2. The molecule has 10 heteroatoms. The molecule has 3 N–H and O–H groups in total. The summed E-state index contributed by atoms with van der Waals surface area (Å²) in [5.41, 5.74) is 6.97. The van der Waals surface area contributed by atoms with Gasteiger partial charge in [-0.2, -0.15) is 4.98 Å². The third-order valence-electron chi connectivity index (χ3n) is 5.99. The number of nitrogen functional groups attached to an aromatic ring is 1. The summed E-state index contributed by atoms with van der Waals surface area (Å²) in [5.74, 6) is -2.18. The van der Waals surface area contributed by atoms with E-state index in [1.54, 1.807) is 6.07 Å². The molecular formula is C24H24F3N7. The van der Waals surface area contributed by atoms with E-state index in [0.29, 0.717) is 12.2 Å². The Kier molecular flexibility index (Phi) is 6.06. The quantitative estimate of drug-likeness (QED) is 0.438. The van der Waals surface area contributed by atoms with Gasteiger partial charge in [-0.3, -0.25) is 0 Å². The maximum atomic E-state index is 14.8. The number of aromatic nitrogens is 4. The van der Waals surface area contributed by atoms with Crippen molar-refractivity contribution in [1.82, 2.24) is 24.6 Å². The zero-order chi connectivity index (χ0) is 23.7. The van der Waals surface area contributed by atoms with Gasteiger partial charge in [-0.05, 0) is 56.3 Å². The molecule has 1 aliphatic rings. The molecule has 7 nitrogen and oxygen atoms in total. The Morgan fingerprint density at radius 2 is 1.76 bits per heavy atom. The van der Waals surface area contributed by atoms with Gasteiger partial charge in [0.2, 0.25) is 5.95 Å². The largest absolute Gasteiger partial charge is 0.383 e. The Balaban J connectivity index is 1.58. The van der Waals surface area contributed by atoms with E-state index < -0.39 is 17.5 Å². The number of nitrogens with zero attached hydrogens (tertiary/aromatic N) is 5. The summed E-state index contributed by atoms with van der Waals surface area (Å²) in [7, 11) is 0. The second kappa shape index (κ2) is 9.30. The summed E-state index contributed by atoms with van der Waals surface area (Å²) in [4.78, 5) is 11.3. The van der Waals surface area contributed by atoms with Gasteiger partial charge in [0.25, 0.3) is 0 Å². The summed E-state index contributed by atoms with van der Waals surface area (Å²) >= 11 is 0. The molecule has 0 aliphatic carbocycles. The number of piperidine rings is 1. The van der Waals surface area contributed by atoms with Crippen LogP contribution < -0.4 is 11.1 Å². The van der Waals surface area contributed by atoms with Gasteiger partial charge in [-0.15, -0.1) is 5.10 Å². The summed E-state index contributed by atoms with van der Waals surface area (Å²) in [6.07, 6.45) is 3.62. The second-order valence-electron chi connectivity index (χ2n) is 8.30. The lowest BCUT2D eigenvalue weighted by Crippen LogP contribution is -2.33. The standard InChI is InChI=1S/C24H24F3N7/c25-15-6-4-7-16(14-15)34-22(28)19-21(17-8-5-9-18(26)20(17)27)30-24(31-23(19)32-34)29-10-13-33-11-2-1-3-12-33/h4-9,14H,1-3,10-13,28H2,(H,29,31,32). The van der Waals surface area contributed by atoms with Crippen molar-refractivity contribution in [3.63, 3.8) is 0 Å². The van der Waals surface area contributed by atoms with E-state index in [9.17, 15) is 13.2 Å². The number of likely N-dealkylation sites (tertiary alicyclic amines) is 1. The number of benzene rings is 2. The fourth-order valence-electron chi connectivity index (χ4n) is 4.29. The first-order valence-corrected chi connectivity index (χ1v) is 11.2. The third-order valence-corrected chi connectivity index (χ3v) is 5.99. The monoisotopic (exact) mass is 467 g/mol. The first-order valence-electron chi connectivity index (χ1n) is 11.2. The van der Waals surface area contributed by atoms with Crippen molar-refractivity contribution in [2.24, 2.45) is 0 Å². The topological polar surface area (TPSA) is 84.9 Å². The summed E-state index contributed by atoms with van der Waals surface area (Å²) in [6, 6.07) is 9.61. The number of hydrogen-bond acceptors (Lipinski definition) is 6. The maximum absolute atomic E-state index is 14.8. The number of nitrogens with two attached hydrogens (primary N) is 1. The molecule has 3 heterocycles. The highest BCUT2D eigenvalue weighted by Gasteiger charge is 2.22. The molecule has 5 rings (SSSR count). The molecule has 2 aromatic heterocycles. The van der Waals surface area contributed by atoms with Crippen LogP contribution in [0.15, 0.2) is 42.5 Å². The molecule has 1 aliphatic heterocycles. The summed E-state index contributed by atoms with van der Waals surface area (Å²) in [5, 5.41) is 7.86. The zero-order valence-electron chi connectivity index (χ0n) is 18.4. The average Bonchev–Trinajstić information content (AvgIpc) is 3.17. The molecule has 4 aromatic rings. The van der Waals surface area contributed by atoms with Crippen LogP contribution >= 0.6 is 0 Å². The Morgan fingerprint density at radius 1 is 0.971 bits per heavy atom. The molecule has 0 spiro atoms. The van der Waals surface area contributed by atoms with E-state index >= 15 is 0 Å². The Bertz CT molecular complexity index is 1330. The van der Waals surface area contributed by atoms with Crippen molar-refractivity contribution in [3.05, 3.63) is 59.9 Å². The SMILES string of the molecule is Nc1c2c(-c3cccc(F)c3F)nc(NCCN3CCCCC3)nc2nn1-c1cccc(F)c1. The molecule has 0 bridgehead atoms. The van der Waals surface area contributed by atoms with E-state index in [2.05, 4.69) is 25.3 Å². The lowest BCUT2D eigenvalue weighted by atomic mass is 10.1. The first-order chi connectivity index (χ1) is 16.5. The first kappa shape index (κ1) is 22.1. The predicted octanol–water partition coefficient (Wildman–Crippen LogP) is 4.38. The third kappa shape index (κ3) is 4.28. The molecule has 176 valence electrons. The highest BCUT2D eigenvalue weighted by molar-refractivity contribution is 5.99. The Hall–Kier alpha value is -3.66. The van der Waals surface area contributed by atoms with E-state index in [1.807, 2.05) is 0 Å². The molecule has 0 atom stereocenters. The average molecular weight is 467 g/mol. The molecule has 0 amide bonds. The van der Waals surface area contributed by atoms with Gasteiger partial charge >= 0.3 is 0 Å². The summed E-state index contributed by atoms with van der Waals surface area (Å²) in [6.45, 7) is 3.49. The van der Waals surface area contributed by atoms with Crippen molar-refractivity contribution >= 4 is 22.8 Å². The maximum Gasteiger partial charge on any atom is 0.225 e. The van der Waals surface area contributed by atoms with Crippen LogP contribution in [-0.2, 0) is 0 Å². The second-order valence-corrected chi connectivity index (χ2v) is 8.30. The number of nitrogens with one attached hydrogen (secondary N) is 1. The number of fused-ring (bicyclic) bond motifs is 1. The van der Waals surface area contributed by atoms with Crippen LogP contribution in [-0.4, -0.2) is 50.8 Å². The van der Waals surface area contributed by atoms with Crippen LogP contribution in [0.2, 0.25) is 0 Å². The van der Waals surface area contributed by atoms with Crippen LogP contribution in [0.5, 0.6) is 0 Å². The van der Waals surface area contributed by atoms with E-state index in [-0.39, 0.29) is 34.1 Å². The molecule has 2 aromatic carbocycles. The van der Waals surface area contributed by atoms with Gasteiger partial charge in [-0.1, -0.05) is 18.6 Å². The van der Waals surface area contributed by atoms with Gasteiger partial charge in [0.15, 0.2) is 17.3 Å². The predicted molar refractivity (Wildman–Crippen MR) is 125 cm³/mol. The van der Waals surface area contributed by atoms with E-state index in [1.165, 1.54) is 54.3 Å². The van der Waals surface area contributed by atoms with Crippen molar-refractivity contribution in [2.45, 2.75) is 19.3 Å². The lowest BCUT2D eigenvalue weighted by Gasteiger charge is -2.26. The number of anilines is 2. The van der Waals surface area contributed by atoms with Gasteiger partial charge in [-0.25, -0.2) is 22.8 Å². The van der Waals surface area contributed by atoms with Crippen molar-refractivity contribution < 1.29 is 13.2 Å². The van der Waals surface area contributed by atoms with Crippen molar-refractivity contribution in [3.8, 4) is 16.9 Å². The highest BCUT2D eigenvalue weighted by atomic mass is 19.2. The van der Waals surface area contributed by atoms with Crippen LogP contribution in [0, 0.1) is 17.5 Å².